The molecule has 0 aromatic rings. The maximum Gasteiger partial charge on any atom is 0.330 e. The second-order valence-corrected chi connectivity index (χ2v) is 11.7. The number of unbranched alkanes of at least 4 members (excludes halogenated alkanes) is 6. The number of esters is 2. The van der Waals surface area contributed by atoms with Crippen molar-refractivity contribution in [2.45, 2.75) is 115 Å². The van der Waals surface area contributed by atoms with Gasteiger partial charge in [-0.1, -0.05) is 31.9 Å². The SMILES string of the molecule is C=CCOOCCCCCCOC1CCC(COOCCOC(=O)C2CCC(OCCCCCCOC(=O)C=C)CC2)CC1. The third-order valence-corrected chi connectivity index (χ3v) is 8.15. The van der Waals surface area contributed by atoms with Crippen LogP contribution in [0.2, 0.25) is 0 Å². The topological polar surface area (TPSA) is 108 Å². The average molecular weight is 627 g/mol. The molecule has 10 heteroatoms. The first-order chi connectivity index (χ1) is 21.6. The predicted molar refractivity (Wildman–Crippen MR) is 166 cm³/mol. The molecular formula is C34H58O10. The summed E-state index contributed by atoms with van der Waals surface area (Å²) in [6.45, 7) is 11.0. The Kier molecular flexibility index (Phi) is 23.0. The average Bonchev–Trinajstić information content (AvgIpc) is 3.05. The van der Waals surface area contributed by atoms with Gasteiger partial charge in [0.15, 0.2) is 0 Å². The number of hydrogen-bond donors (Lipinski definition) is 0. The Labute approximate surface area is 264 Å². The van der Waals surface area contributed by atoms with Crippen LogP contribution in [-0.4, -0.2) is 77.0 Å². The van der Waals surface area contributed by atoms with Gasteiger partial charge in [-0.3, -0.25) is 4.79 Å². The molecule has 0 N–H and O–H groups in total. The monoisotopic (exact) mass is 626 g/mol. The van der Waals surface area contributed by atoms with Crippen LogP contribution in [0.4, 0.5) is 0 Å². The van der Waals surface area contributed by atoms with Crippen molar-refractivity contribution in [1.29, 1.82) is 0 Å². The zero-order valence-corrected chi connectivity index (χ0v) is 26.9. The molecule has 0 aliphatic heterocycles. The van der Waals surface area contributed by atoms with E-state index in [-0.39, 0.29) is 37.2 Å². The Hall–Kier alpha value is -1.82. The van der Waals surface area contributed by atoms with E-state index in [9.17, 15) is 9.59 Å². The van der Waals surface area contributed by atoms with Crippen LogP contribution in [-0.2, 0) is 48.1 Å². The molecule has 0 bridgehead atoms. The molecule has 0 aromatic heterocycles. The molecule has 10 nitrogen and oxygen atoms in total. The van der Waals surface area contributed by atoms with Crippen LogP contribution in [0.5, 0.6) is 0 Å². The van der Waals surface area contributed by atoms with E-state index in [0.717, 1.165) is 116 Å². The fourth-order valence-electron chi connectivity index (χ4n) is 5.49. The molecule has 2 fully saturated rings. The summed E-state index contributed by atoms with van der Waals surface area (Å²) >= 11 is 0. The molecular weight excluding hydrogens is 568 g/mol. The van der Waals surface area contributed by atoms with E-state index in [1.54, 1.807) is 6.08 Å². The van der Waals surface area contributed by atoms with E-state index in [2.05, 4.69) is 13.2 Å². The maximum atomic E-state index is 12.4. The summed E-state index contributed by atoms with van der Waals surface area (Å²) in [5.41, 5.74) is 0. The Morgan fingerprint density at radius 3 is 1.75 bits per heavy atom. The van der Waals surface area contributed by atoms with Crippen LogP contribution in [0.3, 0.4) is 0 Å². The summed E-state index contributed by atoms with van der Waals surface area (Å²) in [5.74, 6) is -0.0976. The van der Waals surface area contributed by atoms with Gasteiger partial charge in [0.05, 0.1) is 37.9 Å². The molecule has 2 rings (SSSR count). The number of hydrogen-bond acceptors (Lipinski definition) is 10. The highest BCUT2D eigenvalue weighted by Gasteiger charge is 2.28. The van der Waals surface area contributed by atoms with Gasteiger partial charge >= 0.3 is 11.9 Å². The van der Waals surface area contributed by atoms with Crippen LogP contribution in [0.25, 0.3) is 0 Å². The quantitative estimate of drug-likeness (QED) is 0.0247. The first-order valence-electron chi connectivity index (χ1n) is 16.9. The normalized spacial score (nSPS) is 21.9. The lowest BCUT2D eigenvalue weighted by Crippen LogP contribution is -2.28. The van der Waals surface area contributed by atoms with Crippen LogP contribution < -0.4 is 0 Å². The third-order valence-electron chi connectivity index (χ3n) is 8.15. The highest BCUT2D eigenvalue weighted by Crippen LogP contribution is 2.28. The fraction of sp³-hybridized carbons (Fsp3) is 0.824. The van der Waals surface area contributed by atoms with Gasteiger partial charge in [-0.2, -0.15) is 0 Å². The third kappa shape index (κ3) is 19.5. The second kappa shape index (κ2) is 26.4. The molecule has 2 aliphatic carbocycles. The van der Waals surface area contributed by atoms with E-state index in [0.29, 0.717) is 38.4 Å². The van der Waals surface area contributed by atoms with E-state index in [4.69, 9.17) is 38.5 Å². The molecule has 44 heavy (non-hydrogen) atoms. The lowest BCUT2D eigenvalue weighted by Gasteiger charge is -2.28. The first-order valence-corrected chi connectivity index (χ1v) is 16.9. The summed E-state index contributed by atoms with van der Waals surface area (Å²) in [6.07, 6.45) is 19.3. The first kappa shape index (κ1) is 38.4. The Bertz CT molecular complexity index is 744. The Morgan fingerprint density at radius 1 is 0.568 bits per heavy atom. The van der Waals surface area contributed by atoms with Crippen molar-refractivity contribution in [1.82, 2.24) is 0 Å². The molecule has 0 atom stereocenters. The molecule has 2 saturated carbocycles. The molecule has 0 unspecified atom stereocenters. The van der Waals surface area contributed by atoms with E-state index in [1.807, 2.05) is 0 Å². The molecule has 0 heterocycles. The van der Waals surface area contributed by atoms with Gasteiger partial charge in [0, 0.05) is 19.3 Å². The van der Waals surface area contributed by atoms with Crippen LogP contribution in [0.1, 0.15) is 103 Å². The lowest BCUT2D eigenvalue weighted by atomic mass is 9.87. The second-order valence-electron chi connectivity index (χ2n) is 11.7. The predicted octanol–water partition coefficient (Wildman–Crippen LogP) is 6.61. The van der Waals surface area contributed by atoms with Crippen LogP contribution in [0, 0.1) is 11.8 Å². The van der Waals surface area contributed by atoms with Crippen molar-refractivity contribution in [2.24, 2.45) is 11.8 Å². The van der Waals surface area contributed by atoms with Gasteiger partial charge in [0.2, 0.25) is 0 Å². The number of carbonyl (C=O) groups is 2. The largest absolute Gasteiger partial charge is 0.463 e. The van der Waals surface area contributed by atoms with Crippen molar-refractivity contribution >= 4 is 11.9 Å². The molecule has 0 radical (unpaired) electrons. The lowest BCUT2D eigenvalue weighted by molar-refractivity contribution is -0.306. The zero-order valence-electron chi connectivity index (χ0n) is 26.9. The molecule has 2 aliphatic rings. The van der Waals surface area contributed by atoms with Crippen molar-refractivity contribution < 1.29 is 48.1 Å². The summed E-state index contributed by atoms with van der Waals surface area (Å²) in [7, 11) is 0. The number of rotatable bonds is 27. The minimum absolute atomic E-state index is 0.0615. The van der Waals surface area contributed by atoms with Crippen molar-refractivity contribution in [3.05, 3.63) is 25.3 Å². The number of ether oxygens (including phenoxy) is 4. The minimum Gasteiger partial charge on any atom is -0.463 e. The van der Waals surface area contributed by atoms with Gasteiger partial charge in [-0.15, -0.1) is 6.58 Å². The van der Waals surface area contributed by atoms with Crippen molar-refractivity contribution in [3.63, 3.8) is 0 Å². The zero-order chi connectivity index (χ0) is 31.5. The van der Waals surface area contributed by atoms with Crippen molar-refractivity contribution in [3.8, 4) is 0 Å². The summed E-state index contributed by atoms with van der Waals surface area (Å²) in [4.78, 5) is 44.1. The van der Waals surface area contributed by atoms with Gasteiger partial charge in [0.25, 0.3) is 0 Å². The van der Waals surface area contributed by atoms with Gasteiger partial charge in [0.1, 0.15) is 19.8 Å². The molecule has 0 aromatic carbocycles. The Morgan fingerprint density at radius 2 is 1.14 bits per heavy atom. The van der Waals surface area contributed by atoms with Gasteiger partial charge in [-0.05, 0) is 89.4 Å². The number of carbonyl (C=O) groups excluding carboxylic acids is 2. The highest BCUT2D eigenvalue weighted by atomic mass is 17.2. The molecule has 254 valence electrons. The van der Waals surface area contributed by atoms with E-state index >= 15 is 0 Å². The fourth-order valence-corrected chi connectivity index (χ4v) is 5.49. The summed E-state index contributed by atoms with van der Waals surface area (Å²) < 4.78 is 22.5. The van der Waals surface area contributed by atoms with E-state index < -0.39 is 0 Å². The Balaban J connectivity index is 1.34. The van der Waals surface area contributed by atoms with Crippen LogP contribution >= 0.6 is 0 Å². The maximum absolute atomic E-state index is 12.4. The van der Waals surface area contributed by atoms with Crippen LogP contribution in [0.15, 0.2) is 25.3 Å². The van der Waals surface area contributed by atoms with E-state index in [1.165, 1.54) is 6.08 Å². The molecule has 0 amide bonds. The van der Waals surface area contributed by atoms with Gasteiger partial charge < -0.3 is 18.9 Å². The summed E-state index contributed by atoms with van der Waals surface area (Å²) in [6, 6.07) is 0. The molecule has 0 saturated heterocycles. The van der Waals surface area contributed by atoms with Gasteiger partial charge in [-0.25, -0.2) is 24.3 Å². The van der Waals surface area contributed by atoms with Crippen molar-refractivity contribution in [2.75, 3.05) is 52.9 Å². The smallest absolute Gasteiger partial charge is 0.330 e. The molecule has 0 spiro atoms. The summed E-state index contributed by atoms with van der Waals surface area (Å²) in [5, 5.41) is 0. The highest BCUT2D eigenvalue weighted by molar-refractivity contribution is 5.81. The standard InChI is InChI=1S/C34H58O10/c1-3-21-41-42-25-12-8-7-10-22-37-31-17-13-29(14-18-31)28-44-43-27-26-40-34(36)30-15-19-32(20-16-30)38-23-9-5-6-11-24-39-33(35)4-2/h3-4,29-32H,1-2,5-28H2. The minimum atomic E-state index is -0.367.